The lowest BCUT2D eigenvalue weighted by Gasteiger charge is -2.14. The predicted octanol–water partition coefficient (Wildman–Crippen LogP) is 20.3. The molecule has 111 heavy (non-hydrogen) atoms. The minimum absolute atomic E-state index is 0.00486. The molecule has 13 rings (SSSR count). The van der Waals surface area contributed by atoms with Crippen molar-refractivity contribution < 1.29 is 55.1 Å². The quantitative estimate of drug-likeness (QED) is 0.0227. The van der Waals surface area contributed by atoms with Gasteiger partial charge in [-0.05, 0) is 145 Å². The van der Waals surface area contributed by atoms with Crippen LogP contribution in [0.3, 0.4) is 0 Å². The Morgan fingerprint density at radius 3 is 1.64 bits per heavy atom. The molecular formula is C78H66BrCl2F6N11O6S7. The van der Waals surface area contributed by atoms with E-state index >= 15 is 0 Å². The van der Waals surface area contributed by atoms with Crippen LogP contribution in [0, 0.1) is 11.3 Å². The predicted molar refractivity (Wildman–Crippen MR) is 438 cm³/mol. The van der Waals surface area contributed by atoms with Gasteiger partial charge in [0.15, 0.2) is 15.3 Å². The molecule has 574 valence electrons. The Balaban J connectivity index is 0.000000160. The van der Waals surface area contributed by atoms with Gasteiger partial charge in [0, 0.05) is 61.7 Å². The van der Waals surface area contributed by atoms with E-state index in [1.54, 1.807) is 83.0 Å². The largest absolute Gasteiger partial charge is 0.416 e. The Kier molecular flexibility index (Phi) is 33.5. The number of benzene rings is 8. The highest BCUT2D eigenvalue weighted by molar-refractivity contribution is 9.10. The van der Waals surface area contributed by atoms with Crippen molar-refractivity contribution in [2.24, 2.45) is 0 Å². The second-order valence-corrected chi connectivity index (χ2v) is 32.7. The molecular weight excluding hydrogens is 1680 g/mol. The first-order chi connectivity index (χ1) is 53.3. The Bertz CT molecular complexity index is 5050. The first kappa shape index (κ1) is 86.1. The van der Waals surface area contributed by atoms with E-state index in [1.807, 2.05) is 132 Å². The lowest BCUT2D eigenvalue weighted by molar-refractivity contribution is -0.143. The maximum atomic E-state index is 12.8. The number of nitrogens with one attached hydrogen (secondary N) is 5. The van der Waals surface area contributed by atoms with Gasteiger partial charge in [-0.2, -0.15) is 31.6 Å². The van der Waals surface area contributed by atoms with Gasteiger partial charge in [0.1, 0.15) is 16.8 Å². The van der Waals surface area contributed by atoms with Gasteiger partial charge in [0.25, 0.3) is 0 Å². The van der Waals surface area contributed by atoms with Crippen LogP contribution in [0.15, 0.2) is 241 Å². The van der Waals surface area contributed by atoms with Crippen LogP contribution in [-0.4, -0.2) is 94.7 Å². The number of Topliss-reactive ketones (excluding diaryl/α,β-unsaturated/α-hetero) is 1. The fraction of sp³-hybridized carbons (Fsp3) is 0.192. The standard InChI is InChI=1S/C17H13F6NOS.C16H11BrN4OS2.C16H11Cl2N3O2S.C15H15NOS.C14H16N2OS2/c18-16(19,20)12-6-11(7-13(8-12)17(21,22)23)9-24-15(25)10-26-14-4-2-1-3-5-14;17-10-5-7-11(8-6-10)18-14(22)9-23-15-19-20-16-21(15)12-3-1-2-4-13(12)24-16;1-9(22)14-3-2-10(7-19)16(21-14)24-8-15(23)20-13-5-11(17)4-12(18)6-13;17-15(12-18-14-9-5-2-6-10-14)16-11-13-7-3-1-4-8-13;17-13(15-10-5-1-2-6-10)9-18-14-16-11-7-3-4-8-12(11)19-14/h1-8H,9-10H2,(H,24,25);1-8H,9H2,(H,18,22);2-6H,8H2,1H3,(H,20,23);1-10H,11-12H2,(H,16,17);3-4,7-8,10H,1-2,5-6,9H2,(H,15,17). The topological polar surface area (TPSA) is 242 Å². The van der Waals surface area contributed by atoms with E-state index in [-0.39, 0.29) is 64.0 Å². The van der Waals surface area contributed by atoms with Crippen molar-refractivity contribution in [2.45, 2.75) is 88.4 Å². The molecule has 12 aromatic rings. The van der Waals surface area contributed by atoms with Gasteiger partial charge in [-0.3, -0.25) is 33.2 Å². The average Bonchev–Trinajstić information content (AvgIpc) is 1.61. The number of fused-ring (bicyclic) bond motifs is 4. The zero-order valence-electron chi connectivity index (χ0n) is 58.5. The molecule has 0 aliphatic heterocycles. The molecule has 4 aromatic heterocycles. The Morgan fingerprint density at radius 2 is 1.06 bits per heavy atom. The van der Waals surface area contributed by atoms with E-state index in [4.69, 9.17) is 28.5 Å². The number of rotatable bonds is 23. The second-order valence-electron chi connectivity index (χ2n) is 23.7. The molecule has 0 bridgehead atoms. The van der Waals surface area contributed by atoms with E-state index in [2.05, 4.69) is 74.8 Å². The number of para-hydroxylation sites is 2. The third kappa shape index (κ3) is 29.0. The van der Waals surface area contributed by atoms with Gasteiger partial charge < -0.3 is 26.6 Å². The summed E-state index contributed by atoms with van der Waals surface area (Å²) in [5.74, 6) is 0.333. The lowest BCUT2D eigenvalue weighted by atomic mass is 10.0. The first-order valence-electron chi connectivity index (χ1n) is 33.5. The number of halogens is 9. The van der Waals surface area contributed by atoms with E-state index in [9.17, 15) is 55.1 Å². The molecule has 1 aliphatic carbocycles. The minimum Gasteiger partial charge on any atom is -0.353 e. The lowest BCUT2D eigenvalue weighted by Crippen LogP contribution is -2.33. The number of aromatic nitrogens is 5. The minimum atomic E-state index is -4.91. The van der Waals surface area contributed by atoms with Gasteiger partial charge in [0.05, 0.1) is 65.9 Å². The third-order valence-electron chi connectivity index (χ3n) is 15.2. The highest BCUT2D eigenvalue weighted by atomic mass is 79.9. The van der Waals surface area contributed by atoms with E-state index < -0.39 is 35.9 Å². The Labute approximate surface area is 682 Å². The molecule has 5 N–H and O–H groups in total. The molecule has 0 spiro atoms. The zero-order valence-corrected chi connectivity index (χ0v) is 67.3. The maximum absolute atomic E-state index is 12.8. The van der Waals surface area contributed by atoms with Crippen molar-refractivity contribution in [3.05, 3.63) is 260 Å². The van der Waals surface area contributed by atoms with Crippen LogP contribution in [0.1, 0.15) is 70.9 Å². The molecule has 17 nitrogen and oxygen atoms in total. The van der Waals surface area contributed by atoms with Crippen molar-refractivity contribution in [3.8, 4) is 6.07 Å². The smallest absolute Gasteiger partial charge is 0.353 e. The van der Waals surface area contributed by atoms with Gasteiger partial charge >= 0.3 is 12.4 Å². The summed E-state index contributed by atoms with van der Waals surface area (Å²) < 4.78 is 83.0. The van der Waals surface area contributed by atoms with Crippen LogP contribution < -0.4 is 26.6 Å². The number of nitrogens with zero attached hydrogens (tertiary/aromatic N) is 6. The van der Waals surface area contributed by atoms with E-state index in [1.165, 1.54) is 71.9 Å². The normalized spacial score (nSPS) is 11.8. The average molecular weight is 1740 g/mol. The highest BCUT2D eigenvalue weighted by Gasteiger charge is 2.37. The monoisotopic (exact) mass is 1740 g/mol. The number of carbonyl (C=O) groups is 6. The Hall–Kier alpha value is -8.94. The number of thiazole rings is 2. The number of hydrogen-bond acceptors (Lipinski definition) is 18. The summed E-state index contributed by atoms with van der Waals surface area (Å²) in [7, 11) is 0. The van der Waals surface area contributed by atoms with Gasteiger partial charge in [-0.25, -0.2) is 9.97 Å². The number of alkyl halides is 6. The molecule has 0 radical (unpaired) electrons. The molecule has 1 saturated carbocycles. The van der Waals surface area contributed by atoms with Crippen molar-refractivity contribution >= 4 is 193 Å². The van der Waals surface area contributed by atoms with Crippen molar-refractivity contribution in [1.29, 1.82) is 5.26 Å². The number of nitriles is 1. The fourth-order valence-electron chi connectivity index (χ4n) is 10.0. The number of thioether (sulfide) groups is 5. The third-order valence-corrected chi connectivity index (χ3v) is 23.3. The molecule has 5 amide bonds. The summed E-state index contributed by atoms with van der Waals surface area (Å²) in [6.07, 6.45) is -5.06. The van der Waals surface area contributed by atoms with Crippen LogP contribution in [0.25, 0.3) is 25.4 Å². The van der Waals surface area contributed by atoms with E-state index in [0.29, 0.717) is 62.5 Å². The second kappa shape index (κ2) is 43.2. The molecule has 33 heteroatoms. The molecule has 0 unspecified atom stereocenters. The van der Waals surface area contributed by atoms with Crippen molar-refractivity contribution in [2.75, 3.05) is 39.4 Å². The summed E-state index contributed by atoms with van der Waals surface area (Å²) in [5.41, 5.74) is 1.93. The summed E-state index contributed by atoms with van der Waals surface area (Å²) in [6, 6.07) is 63.8. The SMILES string of the molecule is CC(=O)c1ccc(C#N)c(SCC(=O)Nc2cc(Cl)cc(Cl)c2)n1.O=C(CSc1ccccc1)NCc1cc(C(F)(F)F)cc(C(F)(F)F)c1.O=C(CSc1ccccc1)NCc1ccccc1.O=C(CSc1nc2ccccc2s1)NC1CCCC1.O=C(CSc1nnc2sc3ccccc3n12)Nc1ccc(Br)cc1. The van der Waals surface area contributed by atoms with Gasteiger partial charge in [0.2, 0.25) is 34.5 Å². The molecule has 4 heterocycles. The number of anilines is 2. The van der Waals surface area contributed by atoms with Crippen LogP contribution in [0.2, 0.25) is 10.0 Å². The molecule has 8 aromatic carbocycles. The number of hydrogen-bond donors (Lipinski definition) is 5. The number of amides is 5. The molecule has 0 saturated heterocycles. The Morgan fingerprint density at radius 1 is 0.541 bits per heavy atom. The van der Waals surface area contributed by atoms with E-state index in [0.717, 1.165) is 80.3 Å². The molecule has 1 fully saturated rings. The fourth-order valence-corrected chi connectivity index (χ4v) is 16.7. The maximum Gasteiger partial charge on any atom is 0.416 e. The summed E-state index contributed by atoms with van der Waals surface area (Å²) in [4.78, 5) is 82.2. The van der Waals surface area contributed by atoms with Crippen LogP contribution in [-0.2, 0) is 49.4 Å². The molecule has 0 atom stereocenters. The first-order valence-corrected chi connectivity index (χ1v) is 41.6. The highest BCUT2D eigenvalue weighted by Crippen LogP contribution is 2.37. The van der Waals surface area contributed by atoms with Crippen LogP contribution >= 0.6 is 121 Å². The number of pyridine rings is 1. The zero-order chi connectivity index (χ0) is 79.3. The van der Waals surface area contributed by atoms with Crippen molar-refractivity contribution in [3.63, 3.8) is 0 Å². The van der Waals surface area contributed by atoms with Crippen LogP contribution in [0.4, 0.5) is 37.7 Å². The summed E-state index contributed by atoms with van der Waals surface area (Å²) in [5, 5.41) is 33.3. The van der Waals surface area contributed by atoms with Gasteiger partial charge in [-0.1, -0.05) is 190 Å². The number of carbonyl (C=O) groups excluding carboxylic acids is 6. The number of ketones is 1. The van der Waals surface area contributed by atoms with Crippen molar-refractivity contribution in [1.82, 2.24) is 40.5 Å². The molecule has 1 aliphatic rings. The summed E-state index contributed by atoms with van der Waals surface area (Å²) >= 11 is 25.1. The van der Waals surface area contributed by atoms with Crippen LogP contribution in [0.5, 0.6) is 0 Å². The van der Waals surface area contributed by atoms with Gasteiger partial charge in [-0.15, -0.1) is 45.1 Å². The summed E-state index contributed by atoms with van der Waals surface area (Å²) in [6.45, 7) is 1.55.